The van der Waals surface area contributed by atoms with Gasteiger partial charge in [0.25, 0.3) is 5.91 Å². The van der Waals surface area contributed by atoms with Crippen LogP contribution in [0.3, 0.4) is 0 Å². The number of carbonyl (C=O) groups excluding carboxylic acids is 1. The Kier molecular flexibility index (Phi) is 7.39. The molecule has 0 aromatic heterocycles. The lowest BCUT2D eigenvalue weighted by Gasteiger charge is -2.21. The van der Waals surface area contributed by atoms with E-state index in [4.69, 9.17) is 4.99 Å². The summed E-state index contributed by atoms with van der Waals surface area (Å²) in [5.74, 6) is 0.0246. The molecule has 1 saturated heterocycles. The minimum absolute atomic E-state index is 0.0246. The van der Waals surface area contributed by atoms with E-state index in [2.05, 4.69) is 60.0 Å². The molecular weight excluding hydrogens is 484 g/mol. The molecule has 2 heterocycles. The Morgan fingerprint density at radius 2 is 1.56 bits per heavy atom. The van der Waals surface area contributed by atoms with E-state index in [1.807, 2.05) is 54.4 Å². The van der Waals surface area contributed by atoms with E-state index in [0.717, 1.165) is 46.0 Å². The molecule has 0 radical (unpaired) electrons. The molecule has 3 aromatic rings. The van der Waals surface area contributed by atoms with Crippen molar-refractivity contribution in [2.45, 2.75) is 25.2 Å². The fourth-order valence-electron chi connectivity index (χ4n) is 4.44. The van der Waals surface area contributed by atoms with Gasteiger partial charge in [0, 0.05) is 37.3 Å². The van der Waals surface area contributed by atoms with Gasteiger partial charge in [-0.15, -0.1) is 0 Å². The number of fused-ring (bicyclic) bond motifs is 1. The number of benzene rings is 3. The topological polar surface area (TPSA) is 39.1 Å². The monoisotopic (exact) mass is 514 g/mol. The Morgan fingerprint density at radius 1 is 0.861 bits per heavy atom. The van der Waals surface area contributed by atoms with Crippen molar-refractivity contribution in [3.8, 4) is 0 Å². The van der Waals surface area contributed by atoms with Crippen LogP contribution in [0.1, 0.15) is 19.4 Å². The molecule has 0 N–H and O–H groups in total. The van der Waals surface area contributed by atoms with E-state index >= 15 is 0 Å². The van der Waals surface area contributed by atoms with Crippen molar-refractivity contribution in [2.75, 3.05) is 36.5 Å². The van der Waals surface area contributed by atoms with E-state index in [9.17, 15) is 4.79 Å². The quantitative estimate of drug-likeness (QED) is 0.326. The fourth-order valence-corrected chi connectivity index (χ4v) is 6.81. The number of hydrogen-bond acceptors (Lipinski definition) is 6. The molecule has 0 saturated carbocycles. The molecule has 2 aliphatic heterocycles. The van der Waals surface area contributed by atoms with Crippen LogP contribution in [0.15, 0.2) is 98.7 Å². The van der Waals surface area contributed by atoms with E-state index in [-0.39, 0.29) is 5.91 Å². The second-order valence-electron chi connectivity index (χ2n) is 8.64. The van der Waals surface area contributed by atoms with Gasteiger partial charge in [-0.3, -0.25) is 9.69 Å². The summed E-state index contributed by atoms with van der Waals surface area (Å²) in [4.78, 5) is 26.9. The largest absolute Gasteiger partial charge is 0.372 e. The minimum atomic E-state index is 0.0246. The van der Waals surface area contributed by atoms with Crippen LogP contribution in [0.25, 0.3) is 0 Å². The molecular formula is C29H30N4OS2. The lowest BCUT2D eigenvalue weighted by atomic mass is 10.1. The van der Waals surface area contributed by atoms with Gasteiger partial charge in [-0.05, 0) is 74.0 Å². The molecule has 0 unspecified atom stereocenters. The van der Waals surface area contributed by atoms with Crippen LogP contribution >= 0.6 is 23.5 Å². The van der Waals surface area contributed by atoms with Crippen molar-refractivity contribution >= 4 is 51.7 Å². The SMILES string of the molecule is CCN(CC)c1ccc(N=C2SC(=C3Sc4ccccc4N3C)C(=O)N2CCc2ccccc2)cc1. The Hall–Kier alpha value is -3.16. The van der Waals surface area contributed by atoms with Crippen LogP contribution in [-0.4, -0.2) is 42.7 Å². The van der Waals surface area contributed by atoms with Crippen LogP contribution in [0.4, 0.5) is 17.1 Å². The summed E-state index contributed by atoms with van der Waals surface area (Å²) in [6, 6.07) is 26.9. The van der Waals surface area contributed by atoms with Crippen LogP contribution in [0, 0.1) is 0 Å². The van der Waals surface area contributed by atoms with Gasteiger partial charge in [0.2, 0.25) is 0 Å². The highest BCUT2D eigenvalue weighted by Crippen LogP contribution is 2.50. The number of thioether (sulfide) groups is 2. The van der Waals surface area contributed by atoms with Gasteiger partial charge in [-0.2, -0.15) is 0 Å². The molecule has 184 valence electrons. The van der Waals surface area contributed by atoms with Gasteiger partial charge >= 0.3 is 0 Å². The Morgan fingerprint density at radius 3 is 2.25 bits per heavy atom. The normalized spacial score (nSPS) is 18.3. The third-order valence-corrected chi connectivity index (χ3v) is 8.90. The maximum Gasteiger partial charge on any atom is 0.269 e. The number of aliphatic imine (C=N–C) groups is 1. The van der Waals surface area contributed by atoms with Gasteiger partial charge in [0.15, 0.2) is 5.17 Å². The van der Waals surface area contributed by atoms with Gasteiger partial charge < -0.3 is 9.80 Å². The summed E-state index contributed by atoms with van der Waals surface area (Å²) in [5, 5.41) is 1.71. The van der Waals surface area contributed by atoms with Gasteiger partial charge in [0.1, 0.15) is 4.91 Å². The third kappa shape index (κ3) is 4.90. The number of amides is 1. The Balaban J connectivity index is 1.47. The minimum Gasteiger partial charge on any atom is -0.372 e. The number of para-hydroxylation sites is 1. The second kappa shape index (κ2) is 10.8. The van der Waals surface area contributed by atoms with Crippen molar-refractivity contribution in [1.29, 1.82) is 0 Å². The van der Waals surface area contributed by atoms with E-state index < -0.39 is 0 Å². The van der Waals surface area contributed by atoms with Crippen molar-refractivity contribution in [2.24, 2.45) is 4.99 Å². The molecule has 1 amide bonds. The Labute approximate surface area is 221 Å². The first-order valence-corrected chi connectivity index (χ1v) is 13.9. The first-order valence-electron chi connectivity index (χ1n) is 12.3. The molecule has 5 rings (SSSR count). The molecule has 0 bridgehead atoms. The van der Waals surface area contributed by atoms with Crippen LogP contribution < -0.4 is 9.80 Å². The van der Waals surface area contributed by atoms with Crippen molar-refractivity contribution in [3.05, 3.63) is 94.4 Å². The molecule has 3 aromatic carbocycles. The smallest absolute Gasteiger partial charge is 0.269 e. The maximum absolute atomic E-state index is 13.8. The van der Waals surface area contributed by atoms with Crippen molar-refractivity contribution in [1.82, 2.24) is 4.90 Å². The average Bonchev–Trinajstić information content (AvgIpc) is 3.41. The van der Waals surface area contributed by atoms with Gasteiger partial charge in [-0.25, -0.2) is 4.99 Å². The van der Waals surface area contributed by atoms with Gasteiger partial charge in [0.05, 0.1) is 16.4 Å². The molecule has 5 nitrogen and oxygen atoms in total. The lowest BCUT2D eigenvalue weighted by molar-refractivity contribution is -0.122. The molecule has 1 fully saturated rings. The van der Waals surface area contributed by atoms with E-state index in [1.54, 1.807) is 11.8 Å². The highest BCUT2D eigenvalue weighted by molar-refractivity contribution is 8.19. The van der Waals surface area contributed by atoms with E-state index in [0.29, 0.717) is 6.54 Å². The number of hydrogen-bond donors (Lipinski definition) is 0. The molecule has 36 heavy (non-hydrogen) atoms. The number of nitrogens with zero attached hydrogens (tertiary/aromatic N) is 4. The zero-order valence-corrected chi connectivity index (χ0v) is 22.5. The average molecular weight is 515 g/mol. The summed E-state index contributed by atoms with van der Waals surface area (Å²) in [6.07, 6.45) is 0.777. The summed E-state index contributed by atoms with van der Waals surface area (Å²) in [7, 11) is 2.03. The summed E-state index contributed by atoms with van der Waals surface area (Å²) >= 11 is 3.14. The first kappa shape index (κ1) is 24.5. The first-order chi connectivity index (χ1) is 17.6. The van der Waals surface area contributed by atoms with Crippen LogP contribution in [-0.2, 0) is 11.2 Å². The molecule has 0 atom stereocenters. The molecule has 0 aliphatic carbocycles. The third-order valence-electron chi connectivity index (χ3n) is 6.47. The zero-order valence-electron chi connectivity index (χ0n) is 20.8. The molecule has 2 aliphatic rings. The van der Waals surface area contributed by atoms with Gasteiger partial charge in [-0.1, -0.05) is 54.2 Å². The predicted octanol–water partition coefficient (Wildman–Crippen LogP) is 6.75. The zero-order chi connectivity index (χ0) is 25.1. The molecule has 7 heteroatoms. The second-order valence-corrected chi connectivity index (χ2v) is 10.6. The number of carbonyl (C=O) groups is 1. The van der Waals surface area contributed by atoms with E-state index in [1.165, 1.54) is 27.9 Å². The number of anilines is 2. The fraction of sp³-hybridized carbons (Fsp3) is 0.241. The summed E-state index contributed by atoms with van der Waals surface area (Å²) in [6.45, 7) is 6.84. The van der Waals surface area contributed by atoms with Crippen LogP contribution in [0.2, 0.25) is 0 Å². The molecule has 0 spiro atoms. The standard InChI is InChI=1S/C29H30N4OS2/c1-4-32(5-2)23-17-15-22(16-18-23)30-29-33(20-19-21-11-7-6-8-12-21)27(34)26(36-29)28-31(3)24-13-9-10-14-25(24)35-28/h6-18H,4-5,19-20H2,1-3H3. The number of rotatable bonds is 7. The predicted molar refractivity (Wildman–Crippen MR) is 154 cm³/mol. The lowest BCUT2D eigenvalue weighted by Crippen LogP contribution is -2.31. The van der Waals surface area contributed by atoms with Crippen LogP contribution in [0.5, 0.6) is 0 Å². The van der Waals surface area contributed by atoms with Crippen molar-refractivity contribution in [3.63, 3.8) is 0 Å². The van der Waals surface area contributed by atoms with Crippen molar-refractivity contribution < 1.29 is 4.79 Å². The Bertz CT molecular complexity index is 1300. The highest BCUT2D eigenvalue weighted by atomic mass is 32.2. The maximum atomic E-state index is 13.8. The highest BCUT2D eigenvalue weighted by Gasteiger charge is 2.38. The summed E-state index contributed by atoms with van der Waals surface area (Å²) < 4.78 is 0. The number of amidine groups is 1. The summed E-state index contributed by atoms with van der Waals surface area (Å²) in [5.41, 5.74) is 4.38.